The Morgan fingerprint density at radius 2 is 2.47 bits per heavy atom. The third kappa shape index (κ3) is 2.67. The van der Waals surface area contributed by atoms with Crippen molar-refractivity contribution in [1.29, 1.82) is 0 Å². The van der Waals surface area contributed by atoms with Gasteiger partial charge in [0.2, 0.25) is 0 Å². The summed E-state index contributed by atoms with van der Waals surface area (Å²) in [5.74, 6) is 0.395. The van der Waals surface area contributed by atoms with E-state index in [0.29, 0.717) is 19.0 Å². The third-order valence-corrected chi connectivity index (χ3v) is 4.86. The molecule has 1 fully saturated rings. The molecule has 1 aromatic heterocycles. The van der Waals surface area contributed by atoms with Crippen molar-refractivity contribution in [2.75, 3.05) is 26.7 Å². The van der Waals surface area contributed by atoms with Gasteiger partial charge in [-0.15, -0.1) is 0 Å². The zero-order valence-electron chi connectivity index (χ0n) is 9.89. The molecule has 0 saturated carbocycles. The quantitative estimate of drug-likeness (QED) is 0.798. The molecule has 0 radical (unpaired) electrons. The molecule has 1 aromatic rings. The second-order valence-electron chi connectivity index (χ2n) is 4.34. The molecule has 1 atom stereocenters. The summed E-state index contributed by atoms with van der Waals surface area (Å²) in [6, 6.07) is 0. The molecule has 7 heteroatoms. The van der Waals surface area contributed by atoms with Crippen LogP contribution in [0.3, 0.4) is 0 Å². The largest absolute Gasteiger partial charge is 0.335 e. The highest BCUT2D eigenvalue weighted by Gasteiger charge is 2.30. The molecule has 0 amide bonds. The topological polar surface area (TPSA) is 78.1 Å². The predicted molar refractivity (Wildman–Crippen MR) is 64.0 cm³/mol. The Morgan fingerprint density at radius 1 is 1.65 bits per heavy atom. The van der Waals surface area contributed by atoms with E-state index in [1.807, 2.05) is 7.05 Å². The van der Waals surface area contributed by atoms with E-state index in [4.69, 9.17) is 0 Å². The van der Waals surface area contributed by atoms with Crippen LogP contribution in [0, 0.1) is 5.92 Å². The van der Waals surface area contributed by atoms with Gasteiger partial charge in [-0.2, -0.15) is 4.31 Å². The molecule has 1 aliphatic rings. The Kier molecular flexibility index (Phi) is 3.80. The summed E-state index contributed by atoms with van der Waals surface area (Å²) in [6.07, 6.45) is 4.74. The van der Waals surface area contributed by atoms with Crippen molar-refractivity contribution in [3.05, 3.63) is 12.5 Å². The first-order valence-electron chi connectivity index (χ1n) is 5.77. The van der Waals surface area contributed by atoms with Gasteiger partial charge in [0.15, 0.2) is 5.03 Å². The number of H-pyrrole nitrogens is 1. The summed E-state index contributed by atoms with van der Waals surface area (Å²) in [6.45, 7) is 2.04. The maximum atomic E-state index is 12.2. The molecular formula is C10H18N4O2S. The number of nitrogens with one attached hydrogen (secondary N) is 2. The minimum Gasteiger partial charge on any atom is -0.335 e. The van der Waals surface area contributed by atoms with E-state index >= 15 is 0 Å². The number of sulfonamides is 1. The van der Waals surface area contributed by atoms with Crippen molar-refractivity contribution in [1.82, 2.24) is 19.6 Å². The number of aromatic nitrogens is 2. The number of piperidine rings is 1. The Morgan fingerprint density at radius 3 is 3.12 bits per heavy atom. The van der Waals surface area contributed by atoms with E-state index in [1.54, 1.807) is 4.31 Å². The first-order chi connectivity index (χ1) is 8.14. The van der Waals surface area contributed by atoms with E-state index in [-0.39, 0.29) is 5.03 Å². The van der Waals surface area contributed by atoms with Gasteiger partial charge in [-0.05, 0) is 32.4 Å². The fourth-order valence-electron chi connectivity index (χ4n) is 2.22. The van der Waals surface area contributed by atoms with Crippen molar-refractivity contribution in [2.24, 2.45) is 5.92 Å². The molecule has 0 spiro atoms. The Bertz CT molecular complexity index is 441. The van der Waals surface area contributed by atoms with Crippen molar-refractivity contribution in [2.45, 2.75) is 17.9 Å². The molecule has 1 saturated heterocycles. The zero-order chi connectivity index (χ0) is 12.3. The molecule has 1 aliphatic heterocycles. The van der Waals surface area contributed by atoms with Gasteiger partial charge < -0.3 is 10.3 Å². The molecular weight excluding hydrogens is 240 g/mol. The molecule has 6 nitrogen and oxygen atoms in total. The summed E-state index contributed by atoms with van der Waals surface area (Å²) in [5.41, 5.74) is 0. The van der Waals surface area contributed by atoms with Gasteiger partial charge in [-0.1, -0.05) is 0 Å². The maximum absolute atomic E-state index is 12.2. The van der Waals surface area contributed by atoms with Crippen LogP contribution in [0.5, 0.6) is 0 Å². The van der Waals surface area contributed by atoms with Crippen LogP contribution in [0.4, 0.5) is 0 Å². The van der Waals surface area contributed by atoms with E-state index in [2.05, 4.69) is 15.3 Å². The van der Waals surface area contributed by atoms with E-state index < -0.39 is 10.0 Å². The number of rotatable bonds is 4. The highest BCUT2D eigenvalue weighted by Crippen LogP contribution is 2.21. The lowest BCUT2D eigenvalue weighted by Crippen LogP contribution is -2.42. The number of nitrogens with zero attached hydrogens (tertiary/aromatic N) is 2. The fraction of sp³-hybridized carbons (Fsp3) is 0.700. The van der Waals surface area contributed by atoms with Crippen LogP contribution in [-0.4, -0.2) is 49.4 Å². The van der Waals surface area contributed by atoms with Crippen LogP contribution in [-0.2, 0) is 10.0 Å². The van der Waals surface area contributed by atoms with Crippen LogP contribution in [0.1, 0.15) is 12.8 Å². The van der Waals surface area contributed by atoms with E-state index in [0.717, 1.165) is 19.4 Å². The fourth-order valence-corrected chi connectivity index (χ4v) is 3.67. The third-order valence-electron chi connectivity index (χ3n) is 3.07. The van der Waals surface area contributed by atoms with Gasteiger partial charge in [0.25, 0.3) is 10.0 Å². The van der Waals surface area contributed by atoms with Crippen molar-refractivity contribution in [3.8, 4) is 0 Å². The lowest BCUT2D eigenvalue weighted by atomic mass is 10.00. The average molecular weight is 258 g/mol. The number of aromatic amines is 1. The van der Waals surface area contributed by atoms with Gasteiger partial charge >= 0.3 is 0 Å². The molecule has 2 rings (SSSR count). The highest BCUT2D eigenvalue weighted by molar-refractivity contribution is 7.89. The van der Waals surface area contributed by atoms with Gasteiger partial charge in [0, 0.05) is 13.1 Å². The van der Waals surface area contributed by atoms with Crippen LogP contribution in [0.2, 0.25) is 0 Å². The Hall–Kier alpha value is -0.920. The summed E-state index contributed by atoms with van der Waals surface area (Å²) in [4.78, 5) is 6.43. The average Bonchev–Trinajstić information content (AvgIpc) is 2.84. The van der Waals surface area contributed by atoms with Crippen LogP contribution >= 0.6 is 0 Å². The molecule has 0 bridgehead atoms. The molecule has 17 heavy (non-hydrogen) atoms. The maximum Gasteiger partial charge on any atom is 0.260 e. The summed E-state index contributed by atoms with van der Waals surface area (Å²) < 4.78 is 26.0. The number of hydrogen-bond acceptors (Lipinski definition) is 4. The van der Waals surface area contributed by atoms with Crippen LogP contribution in [0.15, 0.2) is 17.6 Å². The van der Waals surface area contributed by atoms with Gasteiger partial charge in [-0.25, -0.2) is 13.4 Å². The standard InChI is InChI=1S/C10H18N4O2S/c1-11-5-9-3-2-4-14(7-9)17(15,16)10-6-12-8-13-10/h6,8-9,11H,2-5,7H2,1H3,(H,12,13). The monoisotopic (exact) mass is 258 g/mol. The molecule has 1 unspecified atom stereocenters. The van der Waals surface area contributed by atoms with E-state index in [9.17, 15) is 8.42 Å². The molecule has 2 heterocycles. The van der Waals surface area contributed by atoms with Crippen LogP contribution < -0.4 is 5.32 Å². The lowest BCUT2D eigenvalue weighted by molar-refractivity contribution is 0.263. The number of hydrogen-bond donors (Lipinski definition) is 2. The second kappa shape index (κ2) is 5.16. The first-order valence-corrected chi connectivity index (χ1v) is 7.21. The first kappa shape index (κ1) is 12.5. The number of imidazole rings is 1. The van der Waals surface area contributed by atoms with Gasteiger partial charge in [-0.3, -0.25) is 0 Å². The van der Waals surface area contributed by atoms with Gasteiger partial charge in [0.05, 0.1) is 12.5 Å². The molecule has 96 valence electrons. The molecule has 0 aliphatic carbocycles. The summed E-state index contributed by atoms with van der Waals surface area (Å²) >= 11 is 0. The van der Waals surface area contributed by atoms with Crippen molar-refractivity contribution >= 4 is 10.0 Å². The smallest absolute Gasteiger partial charge is 0.260 e. The predicted octanol–water partition coefficient (Wildman–Crippen LogP) is 0.0298. The van der Waals surface area contributed by atoms with Crippen LogP contribution in [0.25, 0.3) is 0 Å². The van der Waals surface area contributed by atoms with Gasteiger partial charge in [0.1, 0.15) is 0 Å². The van der Waals surface area contributed by atoms with Crippen molar-refractivity contribution < 1.29 is 8.42 Å². The summed E-state index contributed by atoms with van der Waals surface area (Å²) in [5, 5.41) is 3.29. The summed E-state index contributed by atoms with van der Waals surface area (Å²) in [7, 11) is -1.49. The lowest BCUT2D eigenvalue weighted by Gasteiger charge is -2.31. The van der Waals surface area contributed by atoms with E-state index in [1.165, 1.54) is 12.5 Å². The Labute approximate surface area is 101 Å². The Balaban J connectivity index is 2.12. The SMILES string of the molecule is CNCC1CCCN(S(=O)(=O)c2cnc[nH]2)C1. The minimum atomic E-state index is -3.38. The second-order valence-corrected chi connectivity index (χ2v) is 6.25. The molecule has 2 N–H and O–H groups in total. The highest BCUT2D eigenvalue weighted by atomic mass is 32.2. The van der Waals surface area contributed by atoms with Crippen molar-refractivity contribution in [3.63, 3.8) is 0 Å². The normalized spacial score (nSPS) is 22.8. The molecule has 0 aromatic carbocycles. The zero-order valence-corrected chi connectivity index (χ0v) is 10.7. The minimum absolute atomic E-state index is 0.183.